The molecule has 0 saturated heterocycles. The molecule has 0 aliphatic heterocycles. The molecule has 1 aromatic heterocycles. The molecule has 0 amide bonds. The highest BCUT2D eigenvalue weighted by atomic mass is 19.3. The minimum atomic E-state index is -2.82. The molecule has 3 aromatic rings. The second-order valence-corrected chi connectivity index (χ2v) is 8.91. The molecule has 0 aliphatic carbocycles. The first-order valence-corrected chi connectivity index (χ1v) is 11.7. The zero-order valence-electron chi connectivity index (χ0n) is 20.2. The number of fused-ring (bicyclic) bond motifs is 1. The Morgan fingerprint density at radius 3 is 2.35 bits per heavy atom. The van der Waals surface area contributed by atoms with Crippen molar-refractivity contribution in [2.45, 2.75) is 58.4 Å². The van der Waals surface area contributed by atoms with Crippen LogP contribution in [0.2, 0.25) is 0 Å². The summed E-state index contributed by atoms with van der Waals surface area (Å²) in [7, 11) is 0. The van der Waals surface area contributed by atoms with Gasteiger partial charge in [0, 0.05) is 41.6 Å². The van der Waals surface area contributed by atoms with E-state index in [0.717, 1.165) is 22.2 Å². The van der Waals surface area contributed by atoms with Crippen LogP contribution < -0.4 is 4.74 Å². The minimum Gasteiger partial charge on any atom is -0.494 e. The van der Waals surface area contributed by atoms with Gasteiger partial charge in [0.15, 0.2) is 0 Å². The van der Waals surface area contributed by atoms with Crippen molar-refractivity contribution in [3.63, 3.8) is 0 Å². The van der Waals surface area contributed by atoms with E-state index in [4.69, 9.17) is 9.47 Å². The van der Waals surface area contributed by atoms with Crippen molar-refractivity contribution >= 4 is 16.9 Å². The Morgan fingerprint density at radius 1 is 1.03 bits per heavy atom. The normalized spacial score (nSPS) is 11.7. The minimum absolute atomic E-state index is 0.0295. The van der Waals surface area contributed by atoms with Gasteiger partial charge in [-0.05, 0) is 57.4 Å². The van der Waals surface area contributed by atoms with Crippen LogP contribution in [0.5, 0.6) is 5.75 Å². The number of benzene rings is 2. The van der Waals surface area contributed by atoms with Crippen LogP contribution in [0.25, 0.3) is 22.2 Å². The van der Waals surface area contributed by atoms with E-state index in [9.17, 15) is 13.6 Å². The Labute approximate surface area is 200 Å². The van der Waals surface area contributed by atoms with Crippen LogP contribution in [-0.2, 0) is 9.53 Å². The lowest BCUT2D eigenvalue weighted by Crippen LogP contribution is -2.18. The standard InChI is InChI=1S/C28H33F2NO3/c1-20(2)27(32)34-17-9-15-28(29,30)14-8-16-33-24-13-12-23-18-25(22-10-6-5-7-11-22)31(21(3)4)26(23)19-24/h5-7,10-13,18-19,21H,1,8-9,14-17H2,2-4H3. The van der Waals surface area contributed by atoms with E-state index in [-0.39, 0.29) is 50.5 Å². The summed E-state index contributed by atoms with van der Waals surface area (Å²) in [6.07, 6.45) is -0.257. The summed E-state index contributed by atoms with van der Waals surface area (Å²) in [5, 5.41) is 1.11. The van der Waals surface area contributed by atoms with E-state index in [0.29, 0.717) is 5.75 Å². The van der Waals surface area contributed by atoms with Gasteiger partial charge in [0.2, 0.25) is 5.92 Å². The molecule has 2 aromatic carbocycles. The van der Waals surface area contributed by atoms with E-state index in [2.05, 4.69) is 43.2 Å². The Hall–Kier alpha value is -3.15. The van der Waals surface area contributed by atoms with Crippen molar-refractivity contribution < 1.29 is 23.0 Å². The van der Waals surface area contributed by atoms with Gasteiger partial charge in [-0.3, -0.25) is 0 Å². The maximum Gasteiger partial charge on any atom is 0.333 e. The highest BCUT2D eigenvalue weighted by Crippen LogP contribution is 2.33. The summed E-state index contributed by atoms with van der Waals surface area (Å²) in [5.74, 6) is -2.70. The molecule has 0 unspecified atom stereocenters. The fraction of sp³-hybridized carbons (Fsp3) is 0.393. The van der Waals surface area contributed by atoms with E-state index in [1.165, 1.54) is 6.92 Å². The van der Waals surface area contributed by atoms with Crippen molar-refractivity contribution in [3.8, 4) is 17.0 Å². The Balaban J connectivity index is 1.56. The fourth-order valence-corrected chi connectivity index (χ4v) is 3.94. The number of ether oxygens (including phenoxy) is 2. The number of esters is 1. The van der Waals surface area contributed by atoms with Crippen LogP contribution in [0, 0.1) is 0 Å². The van der Waals surface area contributed by atoms with Crippen LogP contribution in [0.3, 0.4) is 0 Å². The molecule has 182 valence electrons. The van der Waals surface area contributed by atoms with Gasteiger partial charge in [0.05, 0.1) is 18.7 Å². The van der Waals surface area contributed by atoms with E-state index < -0.39 is 11.9 Å². The van der Waals surface area contributed by atoms with Crippen molar-refractivity contribution in [2.24, 2.45) is 0 Å². The molecule has 0 aliphatic rings. The smallest absolute Gasteiger partial charge is 0.333 e. The number of rotatable bonds is 12. The first-order chi connectivity index (χ1) is 16.2. The number of nitrogens with zero attached hydrogens (tertiary/aromatic N) is 1. The SMILES string of the molecule is C=C(C)C(=O)OCCCC(F)(F)CCCOc1ccc2cc(-c3ccccc3)n(C(C)C)c2c1. The second-order valence-electron chi connectivity index (χ2n) is 8.91. The largest absolute Gasteiger partial charge is 0.494 e. The van der Waals surface area contributed by atoms with Gasteiger partial charge in [-0.25, -0.2) is 13.6 Å². The molecule has 0 atom stereocenters. The van der Waals surface area contributed by atoms with Gasteiger partial charge in [0.1, 0.15) is 5.75 Å². The Kier molecular flexibility index (Phi) is 8.48. The lowest BCUT2D eigenvalue weighted by Gasteiger charge is -2.17. The number of hydrogen-bond donors (Lipinski definition) is 0. The first kappa shape index (κ1) is 25.5. The van der Waals surface area contributed by atoms with Crippen LogP contribution in [0.15, 0.2) is 66.7 Å². The van der Waals surface area contributed by atoms with E-state index in [1.54, 1.807) is 0 Å². The molecular formula is C28H33F2NO3. The summed E-state index contributed by atoms with van der Waals surface area (Å²) >= 11 is 0. The maximum atomic E-state index is 14.1. The predicted octanol–water partition coefficient (Wildman–Crippen LogP) is 7.58. The summed E-state index contributed by atoms with van der Waals surface area (Å²) in [6.45, 7) is 9.45. The molecule has 34 heavy (non-hydrogen) atoms. The lowest BCUT2D eigenvalue weighted by atomic mass is 10.1. The number of carbonyl (C=O) groups excluding carboxylic acids is 1. The topological polar surface area (TPSA) is 40.5 Å². The highest BCUT2D eigenvalue weighted by molar-refractivity contribution is 5.88. The van der Waals surface area contributed by atoms with Crippen molar-refractivity contribution in [1.82, 2.24) is 4.57 Å². The van der Waals surface area contributed by atoms with E-state index >= 15 is 0 Å². The molecular weight excluding hydrogens is 436 g/mol. The van der Waals surface area contributed by atoms with Gasteiger partial charge in [-0.1, -0.05) is 36.9 Å². The first-order valence-electron chi connectivity index (χ1n) is 11.7. The number of halogens is 2. The van der Waals surface area contributed by atoms with Crippen LogP contribution in [0.4, 0.5) is 8.78 Å². The van der Waals surface area contributed by atoms with Gasteiger partial charge < -0.3 is 14.0 Å². The van der Waals surface area contributed by atoms with Crippen molar-refractivity contribution in [3.05, 3.63) is 66.7 Å². The lowest BCUT2D eigenvalue weighted by molar-refractivity contribution is -0.139. The molecule has 0 saturated carbocycles. The third-order valence-electron chi connectivity index (χ3n) is 5.62. The van der Waals surface area contributed by atoms with E-state index in [1.807, 2.05) is 36.4 Å². The van der Waals surface area contributed by atoms with Gasteiger partial charge in [-0.2, -0.15) is 0 Å². The number of aromatic nitrogens is 1. The predicted molar refractivity (Wildman–Crippen MR) is 132 cm³/mol. The average molecular weight is 470 g/mol. The molecule has 1 heterocycles. The van der Waals surface area contributed by atoms with Crippen molar-refractivity contribution in [1.29, 1.82) is 0 Å². The second kappa shape index (κ2) is 11.3. The monoisotopic (exact) mass is 469 g/mol. The summed E-state index contributed by atoms with van der Waals surface area (Å²) in [6, 6.07) is 18.5. The zero-order valence-corrected chi connectivity index (χ0v) is 20.2. The van der Waals surface area contributed by atoms with Crippen LogP contribution in [0.1, 0.15) is 52.5 Å². The summed E-state index contributed by atoms with van der Waals surface area (Å²) < 4.78 is 41.2. The van der Waals surface area contributed by atoms with Crippen LogP contribution >= 0.6 is 0 Å². The molecule has 3 rings (SSSR count). The third-order valence-corrected chi connectivity index (χ3v) is 5.62. The Morgan fingerprint density at radius 2 is 1.71 bits per heavy atom. The molecule has 6 heteroatoms. The van der Waals surface area contributed by atoms with Gasteiger partial charge in [0.25, 0.3) is 0 Å². The molecule has 4 nitrogen and oxygen atoms in total. The van der Waals surface area contributed by atoms with Crippen molar-refractivity contribution in [2.75, 3.05) is 13.2 Å². The number of carbonyl (C=O) groups is 1. The van der Waals surface area contributed by atoms with Crippen LogP contribution in [-0.4, -0.2) is 29.7 Å². The Bertz CT molecular complexity index is 1120. The third kappa shape index (κ3) is 6.69. The summed E-state index contributed by atoms with van der Waals surface area (Å²) in [4.78, 5) is 11.3. The number of alkyl halides is 2. The molecule has 0 bridgehead atoms. The summed E-state index contributed by atoms with van der Waals surface area (Å²) in [5.41, 5.74) is 3.60. The van der Waals surface area contributed by atoms with Gasteiger partial charge >= 0.3 is 5.97 Å². The highest BCUT2D eigenvalue weighted by Gasteiger charge is 2.27. The average Bonchev–Trinajstić information content (AvgIpc) is 3.19. The zero-order chi connectivity index (χ0) is 24.7. The molecule has 0 radical (unpaired) electrons. The number of hydrogen-bond acceptors (Lipinski definition) is 3. The van der Waals surface area contributed by atoms with Gasteiger partial charge in [-0.15, -0.1) is 0 Å². The fourth-order valence-electron chi connectivity index (χ4n) is 3.94. The maximum absolute atomic E-state index is 14.1. The molecule has 0 spiro atoms. The molecule has 0 fully saturated rings. The quantitative estimate of drug-likeness (QED) is 0.156. The molecule has 0 N–H and O–H groups in total.